The van der Waals surface area contributed by atoms with Crippen LogP contribution in [0, 0.1) is 11.8 Å². The Morgan fingerprint density at radius 1 is 0.667 bits per heavy atom. The van der Waals surface area contributed by atoms with E-state index in [1.165, 1.54) is 29.0 Å². The van der Waals surface area contributed by atoms with Gasteiger partial charge in [0, 0.05) is 0 Å². The van der Waals surface area contributed by atoms with E-state index in [1.54, 1.807) is 5.57 Å². The molecule has 0 radical (unpaired) electrons. The van der Waals surface area contributed by atoms with Gasteiger partial charge < -0.3 is 0 Å². The molecule has 134 valence electrons. The molecule has 1 saturated carbocycles. The summed E-state index contributed by atoms with van der Waals surface area (Å²) in [6.07, 6.45) is 6.51. The summed E-state index contributed by atoms with van der Waals surface area (Å²) in [5, 5.41) is 3.07. The molecule has 0 N–H and O–H groups in total. The molecule has 27 heavy (non-hydrogen) atoms. The van der Waals surface area contributed by atoms with Gasteiger partial charge in [0.25, 0.3) is 0 Å². The molecule has 0 amide bonds. The number of hydrogen-bond donors (Lipinski definition) is 0. The van der Waals surface area contributed by atoms with E-state index in [0.717, 1.165) is 23.9 Å². The van der Waals surface area contributed by atoms with Gasteiger partial charge in [-0.1, -0.05) is 103 Å². The summed E-state index contributed by atoms with van der Waals surface area (Å²) in [6, 6.07) is 33.6. The quantitative estimate of drug-likeness (QED) is 0.400. The average Bonchev–Trinajstić information content (AvgIpc) is 3.28. The fourth-order valence-corrected chi connectivity index (χ4v) is 8.35. The van der Waals surface area contributed by atoms with Crippen LogP contribution < -0.4 is 10.6 Å². The zero-order valence-electron chi connectivity index (χ0n) is 15.5. The van der Waals surface area contributed by atoms with E-state index in [4.69, 9.17) is 0 Å². The van der Waals surface area contributed by atoms with Crippen LogP contribution in [0.4, 0.5) is 0 Å². The number of rotatable bonds is 5. The summed E-state index contributed by atoms with van der Waals surface area (Å²) < 4.78 is 0. The number of hydrogen-bond acceptors (Lipinski definition) is 0. The van der Waals surface area contributed by atoms with Crippen molar-refractivity contribution in [3.8, 4) is 0 Å². The molecule has 0 spiro atoms. The highest BCUT2D eigenvalue weighted by Gasteiger charge is 2.46. The summed E-state index contributed by atoms with van der Waals surface area (Å²) in [5.74, 6) is 1.50. The number of fused-ring (bicyclic) bond motifs is 2. The van der Waals surface area contributed by atoms with Gasteiger partial charge in [-0.15, -0.1) is 0 Å². The van der Waals surface area contributed by atoms with E-state index in [0.29, 0.717) is 0 Å². The molecule has 1 fully saturated rings. The first-order valence-electron chi connectivity index (χ1n) is 10.0. The largest absolute Gasteiger partial charge is 0.0809 e. The topological polar surface area (TPSA) is 0 Å². The van der Waals surface area contributed by atoms with Crippen molar-refractivity contribution in [1.29, 1.82) is 0 Å². The Kier molecular flexibility index (Phi) is 4.68. The predicted octanol–water partition coefficient (Wildman–Crippen LogP) is 5.70. The molecular formula is C26H25P. The highest BCUT2D eigenvalue weighted by molar-refractivity contribution is 7.73. The Bertz CT molecular complexity index is 875. The van der Waals surface area contributed by atoms with Crippen LogP contribution in [0.2, 0.25) is 0 Å². The van der Waals surface area contributed by atoms with Crippen LogP contribution in [0.5, 0.6) is 0 Å². The fourth-order valence-electron chi connectivity index (χ4n) is 5.06. The van der Waals surface area contributed by atoms with Crippen LogP contribution in [-0.2, 0) is 6.42 Å². The normalized spacial score (nSPS) is 23.6. The van der Waals surface area contributed by atoms with Gasteiger partial charge in [-0.3, -0.25) is 0 Å². The van der Waals surface area contributed by atoms with Gasteiger partial charge in [0.05, 0.1) is 0 Å². The number of allylic oxidation sites excluding steroid dienone is 2. The molecule has 0 saturated heterocycles. The molecule has 0 heterocycles. The Labute approximate surface area is 163 Å². The lowest BCUT2D eigenvalue weighted by molar-refractivity contribution is 0.647. The van der Waals surface area contributed by atoms with Crippen molar-refractivity contribution in [2.45, 2.75) is 24.9 Å². The zero-order valence-corrected chi connectivity index (χ0v) is 16.4. The lowest BCUT2D eigenvalue weighted by Gasteiger charge is -2.30. The average molecular weight is 368 g/mol. The molecule has 0 nitrogen and oxygen atoms in total. The second-order valence-electron chi connectivity index (χ2n) is 7.78. The minimum Gasteiger partial charge on any atom is -0.0809 e. The standard InChI is InChI=1S/C26H25P/c1-4-10-20(11-5-1)18-22-19-21-16-17-25(22)26(21)27(23-12-6-2-7-13-23)24-14-8-3-9-15-24/h1-15,19,21,25-26H,16-18H2/t21-,25+,26+/m0/s1. The van der Waals surface area contributed by atoms with E-state index in [-0.39, 0.29) is 7.92 Å². The fraction of sp³-hybridized carbons (Fsp3) is 0.231. The molecule has 2 aliphatic rings. The van der Waals surface area contributed by atoms with Crippen LogP contribution in [0.25, 0.3) is 0 Å². The highest BCUT2D eigenvalue weighted by atomic mass is 31.1. The molecule has 1 heteroatoms. The van der Waals surface area contributed by atoms with Crippen LogP contribution in [-0.4, -0.2) is 5.66 Å². The molecule has 3 atom stereocenters. The predicted molar refractivity (Wildman–Crippen MR) is 117 cm³/mol. The molecule has 2 aliphatic carbocycles. The van der Waals surface area contributed by atoms with Gasteiger partial charge in [0.15, 0.2) is 0 Å². The van der Waals surface area contributed by atoms with E-state index in [1.807, 2.05) is 0 Å². The number of benzene rings is 3. The van der Waals surface area contributed by atoms with Gasteiger partial charge in [0.2, 0.25) is 0 Å². The van der Waals surface area contributed by atoms with Gasteiger partial charge in [-0.05, 0) is 60.9 Å². The molecule has 3 aromatic carbocycles. The zero-order chi connectivity index (χ0) is 18.1. The smallest absolute Gasteiger partial charge is 0.0000110 e. The first-order chi connectivity index (χ1) is 13.4. The first kappa shape index (κ1) is 17.0. The van der Waals surface area contributed by atoms with E-state index in [9.17, 15) is 0 Å². The van der Waals surface area contributed by atoms with Gasteiger partial charge >= 0.3 is 0 Å². The summed E-state index contributed by atoms with van der Waals surface area (Å²) in [6.45, 7) is 0. The van der Waals surface area contributed by atoms with Crippen molar-refractivity contribution >= 4 is 18.5 Å². The van der Waals surface area contributed by atoms with E-state index < -0.39 is 0 Å². The maximum Gasteiger partial charge on any atom is -0.0000110 e. The SMILES string of the molecule is C1=C(Cc2ccccc2)[C@H]2CC[C@@H]1[C@H]2P(c1ccccc1)c1ccccc1. The van der Waals surface area contributed by atoms with Crippen LogP contribution in [0.3, 0.4) is 0 Å². The van der Waals surface area contributed by atoms with Crippen LogP contribution in [0.15, 0.2) is 103 Å². The third-order valence-electron chi connectivity index (χ3n) is 6.18. The molecule has 2 bridgehead atoms. The van der Waals surface area contributed by atoms with Crippen molar-refractivity contribution in [2.75, 3.05) is 0 Å². The minimum absolute atomic E-state index is 0.322. The molecular weight excluding hydrogens is 343 g/mol. The van der Waals surface area contributed by atoms with Crippen molar-refractivity contribution < 1.29 is 0 Å². The van der Waals surface area contributed by atoms with Gasteiger partial charge in [0.1, 0.15) is 0 Å². The molecule has 0 aromatic heterocycles. The molecule has 0 aliphatic heterocycles. The highest BCUT2D eigenvalue weighted by Crippen LogP contribution is 2.59. The summed E-state index contributed by atoms with van der Waals surface area (Å²) >= 11 is 0. The summed E-state index contributed by atoms with van der Waals surface area (Å²) in [7, 11) is -0.322. The molecule has 0 unspecified atom stereocenters. The Hall–Kier alpha value is -2.17. The maximum absolute atomic E-state index is 2.65. The second-order valence-corrected chi connectivity index (χ2v) is 10.2. The summed E-state index contributed by atoms with van der Waals surface area (Å²) in [5.41, 5.74) is 3.92. The maximum atomic E-state index is 2.65. The Morgan fingerprint density at radius 3 is 1.81 bits per heavy atom. The lowest BCUT2D eigenvalue weighted by Crippen LogP contribution is -2.26. The third kappa shape index (κ3) is 3.28. The van der Waals surface area contributed by atoms with Crippen molar-refractivity contribution in [2.24, 2.45) is 11.8 Å². The lowest BCUT2D eigenvalue weighted by atomic mass is 9.93. The van der Waals surface area contributed by atoms with Crippen molar-refractivity contribution in [3.05, 3.63) is 108 Å². The minimum atomic E-state index is -0.322. The summed E-state index contributed by atoms with van der Waals surface area (Å²) in [4.78, 5) is 0. The Balaban J connectivity index is 1.49. The molecule has 5 rings (SSSR count). The Morgan fingerprint density at radius 2 is 1.22 bits per heavy atom. The molecule has 3 aromatic rings. The van der Waals surface area contributed by atoms with Gasteiger partial charge in [-0.25, -0.2) is 0 Å². The third-order valence-corrected chi connectivity index (χ3v) is 9.23. The monoisotopic (exact) mass is 368 g/mol. The van der Waals surface area contributed by atoms with Crippen LogP contribution >= 0.6 is 7.92 Å². The first-order valence-corrected chi connectivity index (χ1v) is 11.4. The van der Waals surface area contributed by atoms with E-state index in [2.05, 4.69) is 97.1 Å². The second kappa shape index (κ2) is 7.45. The van der Waals surface area contributed by atoms with E-state index >= 15 is 0 Å². The van der Waals surface area contributed by atoms with Crippen LogP contribution in [0.1, 0.15) is 18.4 Å². The van der Waals surface area contributed by atoms with Gasteiger partial charge in [-0.2, -0.15) is 0 Å². The van der Waals surface area contributed by atoms with Crippen molar-refractivity contribution in [3.63, 3.8) is 0 Å². The van der Waals surface area contributed by atoms with Crippen molar-refractivity contribution in [1.82, 2.24) is 0 Å².